The van der Waals surface area contributed by atoms with Gasteiger partial charge in [-0.05, 0) is 42.8 Å². The number of nitrogens with one attached hydrogen (secondary N) is 1. The SMILES string of the molecule is CC[C@@H](Sc1ccc(Cl)cc1)C(=O)Nc1ccccc1Cl. The van der Waals surface area contributed by atoms with Gasteiger partial charge in [-0.15, -0.1) is 11.8 Å². The van der Waals surface area contributed by atoms with Crippen LogP contribution in [0.4, 0.5) is 5.69 Å². The first-order valence-corrected chi connectivity index (χ1v) is 8.21. The van der Waals surface area contributed by atoms with Gasteiger partial charge in [-0.3, -0.25) is 4.79 Å². The number of carbonyl (C=O) groups is 1. The summed E-state index contributed by atoms with van der Waals surface area (Å²) in [6.45, 7) is 1.99. The number of hydrogen-bond donors (Lipinski definition) is 1. The van der Waals surface area contributed by atoms with E-state index in [1.807, 2.05) is 43.3 Å². The van der Waals surface area contributed by atoms with E-state index in [1.54, 1.807) is 12.1 Å². The Hall–Kier alpha value is -1.16. The molecule has 5 heteroatoms. The molecule has 0 aliphatic heterocycles. The maximum Gasteiger partial charge on any atom is 0.237 e. The first kappa shape index (κ1) is 16.2. The van der Waals surface area contributed by atoms with Gasteiger partial charge in [0.05, 0.1) is 16.0 Å². The third kappa shape index (κ3) is 4.67. The predicted octanol–water partition coefficient (Wildman–Crippen LogP) is 5.50. The fourth-order valence-corrected chi connectivity index (χ4v) is 3.04. The topological polar surface area (TPSA) is 29.1 Å². The highest BCUT2D eigenvalue weighted by Gasteiger charge is 2.18. The zero-order valence-corrected chi connectivity index (χ0v) is 13.8. The molecular weight excluding hydrogens is 325 g/mol. The molecule has 0 aliphatic carbocycles. The molecule has 0 saturated carbocycles. The number of rotatable bonds is 5. The lowest BCUT2D eigenvalue weighted by molar-refractivity contribution is -0.115. The highest BCUT2D eigenvalue weighted by atomic mass is 35.5. The molecule has 2 aromatic carbocycles. The minimum atomic E-state index is -0.178. The lowest BCUT2D eigenvalue weighted by Gasteiger charge is -2.15. The van der Waals surface area contributed by atoms with Crippen LogP contribution in [0.1, 0.15) is 13.3 Å². The van der Waals surface area contributed by atoms with Crippen LogP contribution in [0, 0.1) is 0 Å². The Bertz CT molecular complexity index is 616. The van der Waals surface area contributed by atoms with Gasteiger partial charge in [-0.2, -0.15) is 0 Å². The molecule has 2 nitrogen and oxygen atoms in total. The Morgan fingerprint density at radius 1 is 1.14 bits per heavy atom. The monoisotopic (exact) mass is 339 g/mol. The molecule has 0 bridgehead atoms. The second-order valence-electron chi connectivity index (χ2n) is 4.44. The van der Waals surface area contributed by atoms with Crippen molar-refractivity contribution in [1.82, 2.24) is 0 Å². The van der Waals surface area contributed by atoms with Crippen LogP contribution in [-0.2, 0) is 4.79 Å². The van der Waals surface area contributed by atoms with E-state index in [9.17, 15) is 4.79 Å². The minimum Gasteiger partial charge on any atom is -0.324 e. The summed E-state index contributed by atoms with van der Waals surface area (Å²) in [6.07, 6.45) is 0.726. The maximum atomic E-state index is 12.4. The molecule has 0 spiro atoms. The van der Waals surface area contributed by atoms with E-state index in [0.29, 0.717) is 15.7 Å². The normalized spacial score (nSPS) is 12.0. The van der Waals surface area contributed by atoms with Crippen molar-refractivity contribution < 1.29 is 4.79 Å². The van der Waals surface area contributed by atoms with Gasteiger partial charge in [0.25, 0.3) is 0 Å². The summed E-state index contributed by atoms with van der Waals surface area (Å²) in [4.78, 5) is 13.4. The van der Waals surface area contributed by atoms with E-state index in [-0.39, 0.29) is 11.2 Å². The molecule has 2 aromatic rings. The van der Waals surface area contributed by atoms with Crippen molar-refractivity contribution in [2.75, 3.05) is 5.32 Å². The standard InChI is InChI=1S/C16H15Cl2NOS/c1-2-15(21-12-9-7-11(17)8-10-12)16(20)19-14-6-4-3-5-13(14)18/h3-10,15H,2H2,1H3,(H,19,20)/t15-/m1/s1. The lowest BCUT2D eigenvalue weighted by Crippen LogP contribution is -2.24. The molecule has 110 valence electrons. The van der Waals surface area contributed by atoms with Crippen LogP contribution >= 0.6 is 35.0 Å². The van der Waals surface area contributed by atoms with Gasteiger partial charge in [0, 0.05) is 9.92 Å². The van der Waals surface area contributed by atoms with Crippen LogP contribution in [0.15, 0.2) is 53.4 Å². The minimum absolute atomic E-state index is 0.0504. The van der Waals surface area contributed by atoms with E-state index in [1.165, 1.54) is 11.8 Å². The molecular formula is C16H15Cl2NOS. The highest BCUT2D eigenvalue weighted by molar-refractivity contribution is 8.00. The molecule has 21 heavy (non-hydrogen) atoms. The summed E-state index contributed by atoms with van der Waals surface area (Å²) >= 11 is 13.4. The molecule has 0 radical (unpaired) electrons. The van der Waals surface area contributed by atoms with E-state index >= 15 is 0 Å². The zero-order valence-electron chi connectivity index (χ0n) is 11.5. The van der Waals surface area contributed by atoms with Gasteiger partial charge < -0.3 is 5.32 Å². The molecule has 0 aromatic heterocycles. The number of hydrogen-bond acceptors (Lipinski definition) is 2. The molecule has 1 amide bonds. The molecule has 0 aliphatic rings. The van der Waals surface area contributed by atoms with E-state index in [0.717, 1.165) is 11.3 Å². The molecule has 1 N–H and O–H groups in total. The highest BCUT2D eigenvalue weighted by Crippen LogP contribution is 2.28. The first-order valence-electron chi connectivity index (χ1n) is 6.57. The summed E-state index contributed by atoms with van der Waals surface area (Å²) in [5.74, 6) is -0.0504. The third-order valence-corrected chi connectivity index (χ3v) is 4.84. The summed E-state index contributed by atoms with van der Waals surface area (Å²) in [5.41, 5.74) is 0.638. The largest absolute Gasteiger partial charge is 0.324 e. The van der Waals surface area contributed by atoms with Gasteiger partial charge in [0.2, 0.25) is 5.91 Å². The molecule has 1 atom stereocenters. The fraction of sp³-hybridized carbons (Fsp3) is 0.188. The second kappa shape index (κ2) is 7.74. The number of halogens is 2. The smallest absolute Gasteiger partial charge is 0.237 e. The quantitative estimate of drug-likeness (QED) is 0.728. The molecule has 0 saturated heterocycles. The summed E-state index contributed by atoms with van der Waals surface area (Å²) in [7, 11) is 0. The van der Waals surface area contributed by atoms with Gasteiger partial charge >= 0.3 is 0 Å². The maximum absolute atomic E-state index is 12.4. The third-order valence-electron chi connectivity index (χ3n) is 2.89. The Balaban J connectivity index is 2.05. The second-order valence-corrected chi connectivity index (χ2v) is 6.56. The zero-order chi connectivity index (χ0) is 15.2. The van der Waals surface area contributed by atoms with Crippen LogP contribution < -0.4 is 5.32 Å². The summed E-state index contributed by atoms with van der Waals surface area (Å²) < 4.78 is 0. The first-order chi connectivity index (χ1) is 10.1. The van der Waals surface area contributed by atoms with Crippen molar-refractivity contribution in [3.05, 3.63) is 58.6 Å². The molecule has 2 rings (SSSR count). The van der Waals surface area contributed by atoms with Crippen LogP contribution in [0.25, 0.3) is 0 Å². The number of para-hydroxylation sites is 1. The number of anilines is 1. The number of carbonyl (C=O) groups excluding carboxylic acids is 1. The number of thioether (sulfide) groups is 1. The van der Waals surface area contributed by atoms with Crippen LogP contribution in [0.2, 0.25) is 10.0 Å². The van der Waals surface area contributed by atoms with Gasteiger partial charge in [0.1, 0.15) is 0 Å². The number of amides is 1. The Labute approximate surface area is 138 Å². The van der Waals surface area contributed by atoms with Gasteiger partial charge in [-0.1, -0.05) is 42.3 Å². The van der Waals surface area contributed by atoms with Crippen molar-refractivity contribution in [3.8, 4) is 0 Å². The van der Waals surface area contributed by atoms with E-state index < -0.39 is 0 Å². The van der Waals surface area contributed by atoms with Crippen LogP contribution in [0.3, 0.4) is 0 Å². The van der Waals surface area contributed by atoms with E-state index in [4.69, 9.17) is 23.2 Å². The Morgan fingerprint density at radius 2 is 1.81 bits per heavy atom. The molecule has 0 heterocycles. The average molecular weight is 340 g/mol. The van der Waals surface area contributed by atoms with Crippen molar-refractivity contribution in [2.24, 2.45) is 0 Å². The average Bonchev–Trinajstić information content (AvgIpc) is 2.49. The van der Waals surface area contributed by atoms with Gasteiger partial charge in [0.15, 0.2) is 0 Å². The van der Waals surface area contributed by atoms with Gasteiger partial charge in [-0.25, -0.2) is 0 Å². The van der Waals surface area contributed by atoms with E-state index in [2.05, 4.69) is 5.32 Å². The lowest BCUT2D eigenvalue weighted by atomic mass is 10.2. The predicted molar refractivity (Wildman–Crippen MR) is 91.5 cm³/mol. The van der Waals surface area contributed by atoms with Crippen molar-refractivity contribution in [2.45, 2.75) is 23.5 Å². The fourth-order valence-electron chi connectivity index (χ4n) is 1.78. The summed E-state index contributed by atoms with van der Waals surface area (Å²) in [5, 5.41) is 3.92. The number of benzene rings is 2. The molecule has 0 fully saturated rings. The molecule has 0 unspecified atom stereocenters. The van der Waals surface area contributed by atoms with Crippen molar-refractivity contribution >= 4 is 46.6 Å². The van der Waals surface area contributed by atoms with Crippen LogP contribution in [-0.4, -0.2) is 11.2 Å². The summed E-state index contributed by atoms with van der Waals surface area (Å²) in [6, 6.07) is 14.7. The Morgan fingerprint density at radius 3 is 2.43 bits per heavy atom. The van der Waals surface area contributed by atoms with Crippen molar-refractivity contribution in [3.63, 3.8) is 0 Å². The Kier molecular flexibility index (Phi) is 5.97. The van der Waals surface area contributed by atoms with Crippen LogP contribution in [0.5, 0.6) is 0 Å². The van der Waals surface area contributed by atoms with Crippen molar-refractivity contribution in [1.29, 1.82) is 0 Å².